The van der Waals surface area contributed by atoms with Gasteiger partial charge in [-0.25, -0.2) is 0 Å². The Hall–Kier alpha value is -1.64. The number of benzene rings is 1. The molecule has 0 fully saturated rings. The number of aryl methyl sites for hydroxylation is 1. The summed E-state index contributed by atoms with van der Waals surface area (Å²) >= 11 is 0. The van der Waals surface area contributed by atoms with Crippen molar-refractivity contribution in [3.8, 4) is 0 Å². The van der Waals surface area contributed by atoms with Gasteiger partial charge in [-0.3, -0.25) is 9.59 Å². The number of rotatable bonds is 13. The first-order chi connectivity index (χ1) is 11.7. The van der Waals surface area contributed by atoms with E-state index in [9.17, 15) is 9.59 Å². The minimum absolute atomic E-state index is 0.140. The van der Waals surface area contributed by atoms with Crippen molar-refractivity contribution in [3.63, 3.8) is 0 Å². The third-order valence-electron chi connectivity index (χ3n) is 4.18. The second kappa shape index (κ2) is 12.7. The van der Waals surface area contributed by atoms with Gasteiger partial charge in [0.05, 0.1) is 6.61 Å². The van der Waals surface area contributed by atoms with Gasteiger partial charge < -0.3 is 4.74 Å². The van der Waals surface area contributed by atoms with Crippen LogP contribution in [-0.2, 0) is 16.0 Å². The van der Waals surface area contributed by atoms with E-state index >= 15 is 0 Å². The summed E-state index contributed by atoms with van der Waals surface area (Å²) in [4.78, 5) is 23.4. The number of hydrogen-bond donors (Lipinski definition) is 0. The van der Waals surface area contributed by atoms with Crippen LogP contribution in [0.4, 0.5) is 0 Å². The maximum Gasteiger partial charge on any atom is 0.305 e. The standard InChI is InChI=1S/C21H32O3/c1-3-5-6-8-11-18-14-16-19(17-15-18)20(22)12-9-7-10-13-21(23)24-4-2/h14-17H,3-13H2,1-2H3. The normalized spacial score (nSPS) is 10.6. The Kier molecular flexibility index (Phi) is 10.8. The molecule has 1 aromatic carbocycles. The Bertz CT molecular complexity index is 476. The minimum Gasteiger partial charge on any atom is -0.466 e. The quantitative estimate of drug-likeness (QED) is 0.272. The third-order valence-corrected chi connectivity index (χ3v) is 4.18. The molecule has 0 aliphatic rings. The maximum atomic E-state index is 12.2. The summed E-state index contributed by atoms with van der Waals surface area (Å²) < 4.78 is 4.89. The fourth-order valence-corrected chi connectivity index (χ4v) is 2.72. The van der Waals surface area contributed by atoms with Gasteiger partial charge in [0.1, 0.15) is 0 Å². The first-order valence-corrected chi connectivity index (χ1v) is 9.45. The van der Waals surface area contributed by atoms with E-state index in [1.54, 1.807) is 0 Å². The zero-order valence-corrected chi connectivity index (χ0v) is 15.3. The Balaban J connectivity index is 2.21. The first kappa shape index (κ1) is 20.4. The second-order valence-corrected chi connectivity index (χ2v) is 6.30. The van der Waals surface area contributed by atoms with Crippen molar-refractivity contribution in [1.29, 1.82) is 0 Å². The Morgan fingerprint density at radius 3 is 2.17 bits per heavy atom. The fraction of sp³-hybridized carbons (Fsp3) is 0.619. The number of ketones is 1. The lowest BCUT2D eigenvalue weighted by atomic mass is 10.0. The lowest BCUT2D eigenvalue weighted by Gasteiger charge is -2.05. The van der Waals surface area contributed by atoms with E-state index in [0.717, 1.165) is 31.2 Å². The van der Waals surface area contributed by atoms with Gasteiger partial charge in [0.2, 0.25) is 0 Å². The molecule has 0 N–H and O–H groups in total. The van der Waals surface area contributed by atoms with Gasteiger partial charge in [-0.15, -0.1) is 0 Å². The van der Waals surface area contributed by atoms with Gasteiger partial charge in [0.15, 0.2) is 5.78 Å². The lowest BCUT2D eigenvalue weighted by Crippen LogP contribution is -2.03. The van der Waals surface area contributed by atoms with Crippen LogP contribution in [0.15, 0.2) is 24.3 Å². The molecule has 0 aliphatic heterocycles. The molecule has 0 heterocycles. The van der Waals surface area contributed by atoms with Crippen LogP contribution in [0.1, 0.15) is 87.6 Å². The fourth-order valence-electron chi connectivity index (χ4n) is 2.72. The first-order valence-electron chi connectivity index (χ1n) is 9.45. The van der Waals surface area contributed by atoms with Gasteiger partial charge in [0, 0.05) is 18.4 Å². The van der Waals surface area contributed by atoms with E-state index in [0.29, 0.717) is 19.4 Å². The Labute approximate surface area is 146 Å². The summed E-state index contributed by atoms with van der Waals surface area (Å²) in [5.74, 6) is 0.0574. The van der Waals surface area contributed by atoms with Gasteiger partial charge in [-0.2, -0.15) is 0 Å². The smallest absolute Gasteiger partial charge is 0.305 e. The number of carbonyl (C=O) groups excluding carboxylic acids is 2. The van der Waals surface area contributed by atoms with Crippen molar-refractivity contribution >= 4 is 11.8 Å². The second-order valence-electron chi connectivity index (χ2n) is 6.30. The molecule has 3 nitrogen and oxygen atoms in total. The molecule has 0 atom stereocenters. The predicted octanol–water partition coefficient (Wildman–Crippen LogP) is 5.51. The minimum atomic E-state index is -0.140. The number of hydrogen-bond acceptors (Lipinski definition) is 3. The van der Waals surface area contributed by atoms with Crippen LogP contribution in [0.5, 0.6) is 0 Å². The summed E-state index contributed by atoms with van der Waals surface area (Å²) in [7, 11) is 0. The van der Waals surface area contributed by atoms with Crippen molar-refractivity contribution in [1.82, 2.24) is 0 Å². The summed E-state index contributed by atoms with van der Waals surface area (Å²) in [5, 5.41) is 0. The van der Waals surface area contributed by atoms with Crippen LogP contribution in [0, 0.1) is 0 Å². The highest BCUT2D eigenvalue weighted by Crippen LogP contribution is 2.13. The Morgan fingerprint density at radius 2 is 1.50 bits per heavy atom. The van der Waals surface area contributed by atoms with Crippen LogP contribution in [0.25, 0.3) is 0 Å². The number of unbranched alkanes of at least 4 members (excludes halogenated alkanes) is 5. The van der Waals surface area contributed by atoms with E-state index in [4.69, 9.17) is 4.74 Å². The van der Waals surface area contributed by atoms with E-state index < -0.39 is 0 Å². The van der Waals surface area contributed by atoms with Crippen molar-refractivity contribution in [2.24, 2.45) is 0 Å². The Morgan fingerprint density at radius 1 is 0.833 bits per heavy atom. The number of esters is 1. The third kappa shape index (κ3) is 8.85. The molecule has 0 aliphatic carbocycles. The molecule has 0 bridgehead atoms. The molecule has 0 radical (unpaired) electrons. The lowest BCUT2D eigenvalue weighted by molar-refractivity contribution is -0.143. The molecule has 0 saturated heterocycles. The van der Waals surface area contributed by atoms with Gasteiger partial charge in [-0.1, -0.05) is 56.9 Å². The van der Waals surface area contributed by atoms with Crippen LogP contribution in [0.2, 0.25) is 0 Å². The highest BCUT2D eigenvalue weighted by molar-refractivity contribution is 5.96. The molecule has 24 heavy (non-hydrogen) atoms. The molecule has 0 amide bonds. The van der Waals surface area contributed by atoms with Crippen molar-refractivity contribution in [2.45, 2.75) is 78.1 Å². The zero-order valence-electron chi connectivity index (χ0n) is 15.3. The molecule has 3 heteroatoms. The van der Waals surface area contributed by atoms with Gasteiger partial charge in [0.25, 0.3) is 0 Å². The van der Waals surface area contributed by atoms with Gasteiger partial charge >= 0.3 is 5.97 Å². The summed E-state index contributed by atoms with van der Waals surface area (Å²) in [6, 6.07) is 8.08. The largest absolute Gasteiger partial charge is 0.466 e. The summed E-state index contributed by atoms with van der Waals surface area (Å²) in [6.07, 6.45) is 9.68. The molecule has 1 rings (SSSR count). The summed E-state index contributed by atoms with van der Waals surface area (Å²) in [6.45, 7) is 4.47. The number of Topliss-reactive ketones (excluding diaryl/α,β-unsaturated/α-hetero) is 1. The maximum absolute atomic E-state index is 12.2. The van der Waals surface area contributed by atoms with E-state index in [1.807, 2.05) is 19.1 Å². The molecule has 0 spiro atoms. The highest BCUT2D eigenvalue weighted by Gasteiger charge is 2.06. The van der Waals surface area contributed by atoms with E-state index in [2.05, 4.69) is 19.1 Å². The van der Waals surface area contributed by atoms with Crippen LogP contribution < -0.4 is 0 Å². The van der Waals surface area contributed by atoms with Gasteiger partial charge in [-0.05, 0) is 38.2 Å². The van der Waals surface area contributed by atoms with Crippen molar-refractivity contribution in [3.05, 3.63) is 35.4 Å². The monoisotopic (exact) mass is 332 g/mol. The predicted molar refractivity (Wildman–Crippen MR) is 98.3 cm³/mol. The van der Waals surface area contributed by atoms with Crippen LogP contribution >= 0.6 is 0 Å². The molecular weight excluding hydrogens is 300 g/mol. The SMILES string of the molecule is CCCCCCc1ccc(C(=O)CCCCCC(=O)OCC)cc1. The van der Waals surface area contributed by atoms with E-state index in [1.165, 1.54) is 31.2 Å². The van der Waals surface area contributed by atoms with E-state index in [-0.39, 0.29) is 11.8 Å². The average Bonchev–Trinajstić information content (AvgIpc) is 2.59. The molecule has 134 valence electrons. The molecular formula is C21H32O3. The van der Waals surface area contributed by atoms with Crippen LogP contribution in [-0.4, -0.2) is 18.4 Å². The average molecular weight is 332 g/mol. The topological polar surface area (TPSA) is 43.4 Å². The van der Waals surface area contributed by atoms with Crippen molar-refractivity contribution < 1.29 is 14.3 Å². The highest BCUT2D eigenvalue weighted by atomic mass is 16.5. The zero-order chi connectivity index (χ0) is 17.6. The molecule has 0 aromatic heterocycles. The molecule has 0 unspecified atom stereocenters. The molecule has 0 saturated carbocycles. The number of carbonyl (C=O) groups is 2. The summed E-state index contributed by atoms with van der Waals surface area (Å²) in [5.41, 5.74) is 2.12. The van der Waals surface area contributed by atoms with Crippen molar-refractivity contribution in [2.75, 3.05) is 6.61 Å². The number of ether oxygens (including phenoxy) is 1. The molecule has 1 aromatic rings. The van der Waals surface area contributed by atoms with Crippen LogP contribution in [0.3, 0.4) is 0 Å².